The minimum absolute atomic E-state index is 0.0754. The zero-order valence-corrected chi connectivity index (χ0v) is 39.4. The Kier molecular flexibility index (Phi) is 45.6. The van der Waals surface area contributed by atoms with Crippen LogP contribution in [0.2, 0.25) is 0 Å². The highest BCUT2D eigenvalue weighted by Gasteiger charge is 2.24. The Bertz CT molecular complexity index is 977. The fraction of sp³-hybridized carbons (Fsp3) is 0.849. The van der Waals surface area contributed by atoms with E-state index in [0.29, 0.717) is 19.3 Å². The topological polar surface area (TPSA) is 95.9 Å². The van der Waals surface area contributed by atoms with Gasteiger partial charge in [0, 0.05) is 6.42 Å². The number of unbranched alkanes of at least 4 members (excludes halogenated alkanes) is 30. The van der Waals surface area contributed by atoms with Gasteiger partial charge in [-0.2, -0.15) is 0 Å². The highest BCUT2D eigenvalue weighted by molar-refractivity contribution is 5.77. The molecule has 0 aromatic carbocycles. The standard InChI is InChI=1S/C53H99NO5/c1-4-7-10-13-16-19-21-23-25-26-28-29-31-33-36-39-42-45-51(56)50(48-55)54-52(57)47-49(44-41-38-35-18-15-12-9-6-3)59-53(58)46-43-40-37-34-32-30-27-24-22-20-17-14-11-8-5-2/h8,11,14,17,20,22,49-51,55-56H,4-7,9-10,12-13,15-16,18-19,21,23-48H2,1-3H3,(H,54,57)/b11-8+,17-14+,22-20+. The Morgan fingerprint density at radius 2 is 0.915 bits per heavy atom. The van der Waals surface area contributed by atoms with Crippen LogP contribution in [-0.4, -0.2) is 46.9 Å². The lowest BCUT2D eigenvalue weighted by Gasteiger charge is -2.24. The average Bonchev–Trinajstić information content (AvgIpc) is 3.23. The van der Waals surface area contributed by atoms with E-state index in [1.807, 2.05) is 0 Å². The van der Waals surface area contributed by atoms with E-state index in [2.05, 4.69) is 62.5 Å². The van der Waals surface area contributed by atoms with Crippen molar-refractivity contribution in [2.24, 2.45) is 0 Å². The molecule has 1 amide bonds. The number of hydrogen-bond donors (Lipinski definition) is 3. The third kappa shape index (κ3) is 42.6. The molecule has 0 aliphatic carbocycles. The SMILES string of the molecule is CC/C=C/C=C/C=C/CCCCCCCCCC(=O)OC(CCCCCCCCCC)CC(=O)NC(CO)C(O)CCCCCCCCCCCCCCCCCCC. The molecule has 3 N–H and O–H groups in total. The molecule has 0 rings (SSSR count). The number of nitrogens with one attached hydrogen (secondary N) is 1. The fourth-order valence-corrected chi connectivity index (χ4v) is 7.90. The molecule has 0 aliphatic rings. The molecule has 59 heavy (non-hydrogen) atoms. The molecule has 0 aliphatic heterocycles. The number of allylic oxidation sites excluding steroid dienone is 6. The quantitative estimate of drug-likeness (QED) is 0.0323. The molecule has 0 fully saturated rings. The van der Waals surface area contributed by atoms with Crippen molar-refractivity contribution in [3.05, 3.63) is 36.5 Å². The molecule has 6 heteroatoms. The van der Waals surface area contributed by atoms with E-state index in [4.69, 9.17) is 4.74 Å². The highest BCUT2D eigenvalue weighted by atomic mass is 16.5. The number of carbonyl (C=O) groups excluding carboxylic acids is 2. The number of ether oxygens (including phenoxy) is 1. The molecule has 0 aromatic heterocycles. The van der Waals surface area contributed by atoms with Crippen molar-refractivity contribution >= 4 is 11.9 Å². The molecular formula is C53H99NO5. The molecule has 346 valence electrons. The van der Waals surface area contributed by atoms with E-state index >= 15 is 0 Å². The summed E-state index contributed by atoms with van der Waals surface area (Å²) in [5.41, 5.74) is 0. The lowest BCUT2D eigenvalue weighted by atomic mass is 10.0. The first-order chi connectivity index (χ1) is 29.0. The normalized spacial score (nSPS) is 13.5. The van der Waals surface area contributed by atoms with Crippen molar-refractivity contribution in [3.8, 4) is 0 Å². The number of hydrogen-bond acceptors (Lipinski definition) is 5. The van der Waals surface area contributed by atoms with E-state index in [0.717, 1.165) is 57.8 Å². The van der Waals surface area contributed by atoms with Gasteiger partial charge in [-0.25, -0.2) is 0 Å². The van der Waals surface area contributed by atoms with Crippen LogP contribution in [0.4, 0.5) is 0 Å². The van der Waals surface area contributed by atoms with Crippen molar-refractivity contribution in [1.29, 1.82) is 0 Å². The molecule has 0 saturated carbocycles. The first-order valence-corrected chi connectivity index (χ1v) is 25.7. The maximum atomic E-state index is 13.2. The van der Waals surface area contributed by atoms with Crippen molar-refractivity contribution in [2.45, 2.75) is 283 Å². The van der Waals surface area contributed by atoms with Gasteiger partial charge < -0.3 is 20.3 Å². The number of rotatable bonds is 46. The van der Waals surface area contributed by atoms with E-state index in [-0.39, 0.29) is 24.9 Å². The lowest BCUT2D eigenvalue weighted by Crippen LogP contribution is -2.46. The fourth-order valence-electron chi connectivity index (χ4n) is 7.90. The molecule has 0 bridgehead atoms. The van der Waals surface area contributed by atoms with Gasteiger partial charge in [0.15, 0.2) is 0 Å². The third-order valence-corrected chi connectivity index (χ3v) is 11.8. The van der Waals surface area contributed by atoms with Crippen molar-refractivity contribution in [2.75, 3.05) is 6.61 Å². The van der Waals surface area contributed by atoms with Gasteiger partial charge in [0.1, 0.15) is 6.10 Å². The second kappa shape index (κ2) is 47.1. The van der Waals surface area contributed by atoms with Crippen LogP contribution in [0, 0.1) is 0 Å². The summed E-state index contributed by atoms with van der Waals surface area (Å²) in [7, 11) is 0. The predicted molar refractivity (Wildman–Crippen MR) is 255 cm³/mol. The van der Waals surface area contributed by atoms with Gasteiger partial charge in [-0.15, -0.1) is 0 Å². The first kappa shape index (κ1) is 57.1. The van der Waals surface area contributed by atoms with Crippen LogP contribution in [0.1, 0.15) is 265 Å². The summed E-state index contributed by atoms with van der Waals surface area (Å²) in [6, 6.07) is -0.699. The van der Waals surface area contributed by atoms with E-state index in [1.54, 1.807) is 0 Å². The maximum absolute atomic E-state index is 13.2. The zero-order chi connectivity index (χ0) is 43.1. The van der Waals surface area contributed by atoms with Crippen molar-refractivity contribution in [1.82, 2.24) is 5.32 Å². The van der Waals surface area contributed by atoms with E-state index in [1.165, 1.54) is 161 Å². The van der Waals surface area contributed by atoms with Gasteiger partial charge in [-0.05, 0) is 44.9 Å². The molecule has 3 atom stereocenters. The van der Waals surface area contributed by atoms with E-state index < -0.39 is 18.2 Å². The number of aliphatic hydroxyl groups is 2. The summed E-state index contributed by atoms with van der Waals surface area (Å²) < 4.78 is 5.90. The molecule has 3 unspecified atom stereocenters. The van der Waals surface area contributed by atoms with Crippen molar-refractivity contribution in [3.63, 3.8) is 0 Å². The Balaban J connectivity index is 4.38. The van der Waals surface area contributed by atoms with Gasteiger partial charge in [0.2, 0.25) is 5.91 Å². The number of carbonyl (C=O) groups is 2. The second-order valence-corrected chi connectivity index (χ2v) is 17.6. The van der Waals surface area contributed by atoms with Crippen LogP contribution in [0.25, 0.3) is 0 Å². The summed E-state index contributed by atoms with van der Waals surface area (Å²) >= 11 is 0. The third-order valence-electron chi connectivity index (χ3n) is 11.8. The molecule has 0 saturated heterocycles. The lowest BCUT2D eigenvalue weighted by molar-refractivity contribution is -0.151. The summed E-state index contributed by atoms with van der Waals surface area (Å²) in [6.45, 7) is 6.35. The molecule has 0 heterocycles. The minimum Gasteiger partial charge on any atom is -0.462 e. The van der Waals surface area contributed by atoms with Gasteiger partial charge in [0.25, 0.3) is 0 Å². The Morgan fingerprint density at radius 3 is 1.37 bits per heavy atom. The Morgan fingerprint density at radius 1 is 0.508 bits per heavy atom. The molecule has 0 radical (unpaired) electrons. The van der Waals surface area contributed by atoms with Crippen LogP contribution in [0.5, 0.6) is 0 Å². The van der Waals surface area contributed by atoms with Crippen LogP contribution >= 0.6 is 0 Å². The van der Waals surface area contributed by atoms with E-state index in [9.17, 15) is 19.8 Å². The summed E-state index contributed by atoms with van der Waals surface area (Å²) in [4.78, 5) is 26.0. The second-order valence-electron chi connectivity index (χ2n) is 17.6. The maximum Gasteiger partial charge on any atom is 0.306 e. The zero-order valence-electron chi connectivity index (χ0n) is 39.4. The van der Waals surface area contributed by atoms with Crippen LogP contribution in [0.3, 0.4) is 0 Å². The molecular weight excluding hydrogens is 731 g/mol. The minimum atomic E-state index is -0.786. The predicted octanol–water partition coefficient (Wildman–Crippen LogP) is 15.3. The molecule has 0 spiro atoms. The largest absolute Gasteiger partial charge is 0.462 e. The van der Waals surface area contributed by atoms with Gasteiger partial charge >= 0.3 is 5.97 Å². The molecule has 6 nitrogen and oxygen atoms in total. The Labute approximate surface area is 366 Å². The average molecular weight is 830 g/mol. The highest BCUT2D eigenvalue weighted by Crippen LogP contribution is 2.18. The first-order valence-electron chi connectivity index (χ1n) is 25.7. The van der Waals surface area contributed by atoms with Crippen LogP contribution in [-0.2, 0) is 14.3 Å². The smallest absolute Gasteiger partial charge is 0.306 e. The summed E-state index contributed by atoms with van der Waals surface area (Å²) in [6.07, 6.45) is 55.0. The number of esters is 1. The summed E-state index contributed by atoms with van der Waals surface area (Å²) in [5.74, 6) is -0.482. The van der Waals surface area contributed by atoms with Crippen LogP contribution in [0.15, 0.2) is 36.5 Å². The van der Waals surface area contributed by atoms with Crippen LogP contribution < -0.4 is 5.32 Å². The summed E-state index contributed by atoms with van der Waals surface area (Å²) in [5, 5.41) is 23.7. The number of aliphatic hydroxyl groups excluding tert-OH is 2. The van der Waals surface area contributed by atoms with Crippen molar-refractivity contribution < 1.29 is 24.5 Å². The van der Waals surface area contributed by atoms with Gasteiger partial charge in [-0.1, -0.05) is 243 Å². The molecule has 0 aromatic rings. The monoisotopic (exact) mass is 830 g/mol. The number of amides is 1. The van der Waals surface area contributed by atoms with Gasteiger partial charge in [-0.3, -0.25) is 9.59 Å². The van der Waals surface area contributed by atoms with Gasteiger partial charge in [0.05, 0.1) is 25.2 Å². The Hall–Kier alpha value is -1.92.